The second kappa shape index (κ2) is 6.24. The molecular weight excluding hydrogens is 290 g/mol. The molecule has 0 aliphatic carbocycles. The van der Waals surface area contributed by atoms with Gasteiger partial charge in [-0.1, -0.05) is 62.4 Å². The predicted octanol–water partition coefficient (Wildman–Crippen LogP) is 5.41. The summed E-state index contributed by atoms with van der Waals surface area (Å²) in [6.45, 7) is 4.39. The molecule has 110 valence electrons. The maximum Gasteiger partial charge on any atom is 0.150 e. The average Bonchev–Trinajstić information content (AvgIpc) is 3.05. The average molecular weight is 307 g/mol. The SMILES string of the molecule is CC(C)c1ccc(-c2cnc(-c3ccc(C=O)cc3)s2)cc1. The van der Waals surface area contributed by atoms with E-state index >= 15 is 0 Å². The summed E-state index contributed by atoms with van der Waals surface area (Å²) in [6.07, 6.45) is 2.77. The van der Waals surface area contributed by atoms with Crippen molar-refractivity contribution >= 4 is 17.6 Å². The highest BCUT2D eigenvalue weighted by Gasteiger charge is 2.07. The van der Waals surface area contributed by atoms with E-state index in [1.54, 1.807) is 11.3 Å². The lowest BCUT2D eigenvalue weighted by Crippen LogP contribution is -1.85. The Morgan fingerprint density at radius 3 is 2.18 bits per heavy atom. The summed E-state index contributed by atoms with van der Waals surface area (Å²) in [5, 5.41) is 0.973. The van der Waals surface area contributed by atoms with Gasteiger partial charge in [-0.15, -0.1) is 11.3 Å². The van der Waals surface area contributed by atoms with Crippen LogP contribution in [-0.4, -0.2) is 11.3 Å². The molecule has 0 bridgehead atoms. The fourth-order valence-electron chi connectivity index (χ4n) is 2.28. The predicted molar refractivity (Wildman–Crippen MR) is 92.5 cm³/mol. The molecule has 2 aromatic carbocycles. The molecule has 22 heavy (non-hydrogen) atoms. The van der Waals surface area contributed by atoms with Crippen LogP contribution in [0, 0.1) is 0 Å². The molecule has 0 aliphatic rings. The van der Waals surface area contributed by atoms with Crippen LogP contribution in [0.15, 0.2) is 54.7 Å². The maximum absolute atomic E-state index is 10.7. The zero-order valence-corrected chi connectivity index (χ0v) is 13.4. The van der Waals surface area contributed by atoms with Gasteiger partial charge in [0.25, 0.3) is 0 Å². The van der Waals surface area contributed by atoms with Crippen molar-refractivity contribution in [1.82, 2.24) is 4.98 Å². The number of carbonyl (C=O) groups excluding carboxylic acids is 1. The van der Waals surface area contributed by atoms with Crippen LogP contribution >= 0.6 is 11.3 Å². The van der Waals surface area contributed by atoms with E-state index in [9.17, 15) is 4.79 Å². The monoisotopic (exact) mass is 307 g/mol. The molecule has 2 nitrogen and oxygen atoms in total. The Hall–Kier alpha value is -2.26. The highest BCUT2D eigenvalue weighted by Crippen LogP contribution is 2.32. The first-order chi connectivity index (χ1) is 10.7. The van der Waals surface area contributed by atoms with Gasteiger partial charge in [0, 0.05) is 17.3 Å². The quantitative estimate of drug-likeness (QED) is 0.603. The van der Waals surface area contributed by atoms with Crippen molar-refractivity contribution in [1.29, 1.82) is 0 Å². The minimum Gasteiger partial charge on any atom is -0.298 e. The lowest BCUT2D eigenvalue weighted by atomic mass is 10.0. The zero-order chi connectivity index (χ0) is 15.5. The van der Waals surface area contributed by atoms with E-state index in [1.807, 2.05) is 30.5 Å². The Balaban J connectivity index is 1.87. The summed E-state index contributed by atoms with van der Waals surface area (Å²) in [6, 6.07) is 16.2. The van der Waals surface area contributed by atoms with Crippen molar-refractivity contribution in [2.75, 3.05) is 0 Å². The normalized spacial score (nSPS) is 10.9. The lowest BCUT2D eigenvalue weighted by molar-refractivity contribution is 0.112. The molecule has 1 aromatic heterocycles. The molecule has 3 rings (SSSR count). The van der Waals surface area contributed by atoms with E-state index in [0.717, 1.165) is 21.7 Å². The second-order valence-electron chi connectivity index (χ2n) is 5.55. The van der Waals surface area contributed by atoms with Crippen molar-refractivity contribution < 1.29 is 4.79 Å². The first kappa shape index (κ1) is 14.7. The molecule has 0 saturated heterocycles. The molecule has 0 spiro atoms. The van der Waals surface area contributed by atoms with Crippen LogP contribution in [0.3, 0.4) is 0 Å². The van der Waals surface area contributed by atoms with Crippen LogP contribution in [0.25, 0.3) is 21.0 Å². The number of thiazole rings is 1. The van der Waals surface area contributed by atoms with Crippen molar-refractivity contribution in [2.45, 2.75) is 19.8 Å². The summed E-state index contributed by atoms with van der Waals surface area (Å²) in [5.41, 5.74) is 4.26. The summed E-state index contributed by atoms with van der Waals surface area (Å²) < 4.78 is 0. The van der Waals surface area contributed by atoms with Gasteiger partial charge in [-0.2, -0.15) is 0 Å². The number of carbonyl (C=O) groups is 1. The third kappa shape index (κ3) is 3.00. The standard InChI is InChI=1S/C19H17NOS/c1-13(2)15-7-9-16(10-8-15)18-11-20-19(22-18)17-5-3-14(12-21)4-6-17/h3-13H,1-2H3. The van der Waals surface area contributed by atoms with Crippen molar-refractivity contribution in [3.8, 4) is 21.0 Å². The van der Waals surface area contributed by atoms with E-state index in [1.165, 1.54) is 11.1 Å². The summed E-state index contributed by atoms with van der Waals surface area (Å²) in [7, 11) is 0. The molecular formula is C19H17NOS. The number of benzene rings is 2. The van der Waals surface area contributed by atoms with Crippen molar-refractivity contribution in [2.24, 2.45) is 0 Å². The van der Waals surface area contributed by atoms with Gasteiger partial charge in [0.05, 0.1) is 4.88 Å². The molecule has 0 N–H and O–H groups in total. The summed E-state index contributed by atoms with van der Waals surface area (Å²) in [4.78, 5) is 16.4. The van der Waals surface area contributed by atoms with E-state index in [-0.39, 0.29) is 0 Å². The number of hydrogen-bond acceptors (Lipinski definition) is 3. The lowest BCUT2D eigenvalue weighted by Gasteiger charge is -2.05. The molecule has 1 heterocycles. The first-order valence-corrected chi connectivity index (χ1v) is 8.11. The van der Waals surface area contributed by atoms with Gasteiger partial charge in [-0.3, -0.25) is 4.79 Å². The van der Waals surface area contributed by atoms with Crippen LogP contribution in [0.2, 0.25) is 0 Å². The van der Waals surface area contributed by atoms with E-state index in [0.29, 0.717) is 11.5 Å². The fourth-order valence-corrected chi connectivity index (χ4v) is 3.20. The van der Waals surface area contributed by atoms with Gasteiger partial charge >= 0.3 is 0 Å². The van der Waals surface area contributed by atoms with Crippen LogP contribution in [0.4, 0.5) is 0 Å². The van der Waals surface area contributed by atoms with Crippen molar-refractivity contribution in [3.05, 3.63) is 65.9 Å². The molecule has 3 heteroatoms. The summed E-state index contributed by atoms with van der Waals surface area (Å²) >= 11 is 1.67. The fraction of sp³-hybridized carbons (Fsp3) is 0.158. The maximum atomic E-state index is 10.7. The van der Waals surface area contributed by atoms with Gasteiger partial charge in [0.2, 0.25) is 0 Å². The topological polar surface area (TPSA) is 30.0 Å². The number of aldehydes is 1. The Morgan fingerprint density at radius 1 is 0.955 bits per heavy atom. The third-order valence-electron chi connectivity index (χ3n) is 3.66. The Morgan fingerprint density at radius 2 is 1.59 bits per heavy atom. The zero-order valence-electron chi connectivity index (χ0n) is 12.6. The van der Waals surface area contributed by atoms with Gasteiger partial charge in [-0.25, -0.2) is 4.98 Å². The minimum absolute atomic E-state index is 0.544. The molecule has 0 radical (unpaired) electrons. The molecule has 0 amide bonds. The Bertz CT molecular complexity index is 770. The number of hydrogen-bond donors (Lipinski definition) is 0. The third-order valence-corrected chi connectivity index (χ3v) is 4.76. The van der Waals surface area contributed by atoms with E-state index in [4.69, 9.17) is 0 Å². The molecule has 0 fully saturated rings. The second-order valence-corrected chi connectivity index (χ2v) is 6.58. The molecule has 3 aromatic rings. The van der Waals surface area contributed by atoms with Crippen LogP contribution in [0.5, 0.6) is 0 Å². The summed E-state index contributed by atoms with van der Waals surface area (Å²) in [5.74, 6) is 0.544. The molecule has 0 atom stereocenters. The Kier molecular flexibility index (Phi) is 4.16. The highest BCUT2D eigenvalue weighted by atomic mass is 32.1. The minimum atomic E-state index is 0.544. The number of aromatic nitrogens is 1. The van der Waals surface area contributed by atoms with Gasteiger partial charge in [0.15, 0.2) is 0 Å². The van der Waals surface area contributed by atoms with Crippen molar-refractivity contribution in [3.63, 3.8) is 0 Å². The highest BCUT2D eigenvalue weighted by molar-refractivity contribution is 7.18. The van der Waals surface area contributed by atoms with Crippen LogP contribution in [-0.2, 0) is 0 Å². The van der Waals surface area contributed by atoms with Gasteiger partial charge in [0.1, 0.15) is 11.3 Å². The largest absolute Gasteiger partial charge is 0.298 e. The smallest absolute Gasteiger partial charge is 0.150 e. The number of nitrogens with zero attached hydrogens (tertiary/aromatic N) is 1. The van der Waals surface area contributed by atoms with E-state index < -0.39 is 0 Å². The van der Waals surface area contributed by atoms with Gasteiger partial charge in [-0.05, 0) is 17.0 Å². The van der Waals surface area contributed by atoms with Crippen LogP contribution in [0.1, 0.15) is 35.7 Å². The van der Waals surface area contributed by atoms with E-state index in [2.05, 4.69) is 43.1 Å². The molecule has 0 saturated carbocycles. The number of rotatable bonds is 4. The van der Waals surface area contributed by atoms with Gasteiger partial charge < -0.3 is 0 Å². The first-order valence-electron chi connectivity index (χ1n) is 7.29. The molecule has 0 unspecified atom stereocenters. The Labute approximate surface area is 134 Å². The van der Waals surface area contributed by atoms with Crippen LogP contribution < -0.4 is 0 Å². The molecule has 0 aliphatic heterocycles.